The molecule has 0 spiro atoms. The van der Waals surface area contributed by atoms with Crippen molar-refractivity contribution in [1.29, 1.82) is 0 Å². The topological polar surface area (TPSA) is 84.2 Å². The lowest BCUT2D eigenvalue weighted by Crippen LogP contribution is -2.36. The zero-order chi connectivity index (χ0) is 15.1. The lowest BCUT2D eigenvalue weighted by molar-refractivity contribution is -0.117. The molecule has 2 rings (SSSR count). The number of hydrogen-bond acceptors (Lipinski definition) is 3. The van der Waals surface area contributed by atoms with E-state index in [9.17, 15) is 9.59 Å². The normalized spacial score (nSPS) is 14.9. The molecule has 1 aliphatic carbocycles. The third-order valence-corrected chi connectivity index (χ3v) is 4.51. The summed E-state index contributed by atoms with van der Waals surface area (Å²) in [7, 11) is 0. The maximum atomic E-state index is 12.0. The molecule has 21 heavy (non-hydrogen) atoms. The number of carbonyl (C=O) groups is 2. The Bertz CT molecular complexity index is 501. The smallest absolute Gasteiger partial charge is 0.319 e. The Kier molecular flexibility index (Phi) is 5.92. The third-order valence-electron chi connectivity index (χ3n) is 3.43. The van der Waals surface area contributed by atoms with Gasteiger partial charge in [-0.3, -0.25) is 4.79 Å². The fourth-order valence-corrected chi connectivity index (χ4v) is 3.34. The summed E-state index contributed by atoms with van der Waals surface area (Å²) in [6.07, 6.45) is 4.81. The van der Waals surface area contributed by atoms with Crippen LogP contribution in [0.5, 0.6) is 0 Å². The van der Waals surface area contributed by atoms with Gasteiger partial charge in [-0.25, -0.2) is 4.79 Å². The number of carbonyl (C=O) groups excluding carboxylic acids is 2. The molecule has 0 radical (unpaired) electrons. The first-order valence-corrected chi connectivity index (χ1v) is 8.21. The number of rotatable bonds is 6. The van der Waals surface area contributed by atoms with Crippen molar-refractivity contribution in [3.8, 4) is 0 Å². The Labute approximate surface area is 129 Å². The van der Waals surface area contributed by atoms with Gasteiger partial charge >= 0.3 is 6.03 Å². The van der Waals surface area contributed by atoms with Crippen molar-refractivity contribution in [2.75, 3.05) is 11.1 Å². The van der Waals surface area contributed by atoms with Crippen LogP contribution < -0.4 is 16.4 Å². The van der Waals surface area contributed by atoms with E-state index < -0.39 is 0 Å². The largest absolute Gasteiger partial charge is 0.370 e. The van der Waals surface area contributed by atoms with E-state index in [1.54, 1.807) is 0 Å². The standard InChI is InChI=1S/C15H21N3O2S/c16-14(19)9-10-21-13-8-4-3-7-12(13)18-15(20)17-11-5-1-2-6-11/h3-4,7-8,11H,1-2,5-6,9-10H2,(H2,16,19)(H2,17,18,20). The molecule has 0 heterocycles. The molecular formula is C15H21N3O2S. The van der Waals surface area contributed by atoms with Gasteiger partial charge in [0.25, 0.3) is 0 Å². The van der Waals surface area contributed by atoms with E-state index in [0.29, 0.717) is 18.2 Å². The highest BCUT2D eigenvalue weighted by molar-refractivity contribution is 7.99. The average molecular weight is 307 g/mol. The van der Waals surface area contributed by atoms with Crippen LogP contribution in [0.1, 0.15) is 32.1 Å². The zero-order valence-electron chi connectivity index (χ0n) is 11.9. The number of anilines is 1. The number of amides is 3. The Morgan fingerprint density at radius 2 is 1.95 bits per heavy atom. The summed E-state index contributed by atoms with van der Waals surface area (Å²) in [6.45, 7) is 0. The molecule has 0 aliphatic heterocycles. The first kappa shape index (κ1) is 15.7. The Balaban J connectivity index is 1.89. The Morgan fingerprint density at radius 1 is 1.24 bits per heavy atom. The van der Waals surface area contributed by atoms with Crippen molar-refractivity contribution in [1.82, 2.24) is 5.32 Å². The van der Waals surface area contributed by atoms with E-state index in [0.717, 1.165) is 23.4 Å². The van der Waals surface area contributed by atoms with Crippen LogP contribution in [-0.4, -0.2) is 23.7 Å². The van der Waals surface area contributed by atoms with Gasteiger partial charge in [-0.1, -0.05) is 25.0 Å². The summed E-state index contributed by atoms with van der Waals surface area (Å²) in [6, 6.07) is 7.71. The van der Waals surface area contributed by atoms with Crippen LogP contribution in [0.15, 0.2) is 29.2 Å². The number of thioether (sulfide) groups is 1. The monoisotopic (exact) mass is 307 g/mol. The molecule has 114 valence electrons. The molecule has 0 bridgehead atoms. The number of primary amides is 1. The molecule has 1 aromatic rings. The van der Waals surface area contributed by atoms with Crippen molar-refractivity contribution >= 4 is 29.4 Å². The van der Waals surface area contributed by atoms with E-state index >= 15 is 0 Å². The van der Waals surface area contributed by atoms with Crippen LogP contribution in [0, 0.1) is 0 Å². The summed E-state index contributed by atoms with van der Waals surface area (Å²) in [5.74, 6) is 0.296. The molecule has 3 amide bonds. The highest BCUT2D eigenvalue weighted by Gasteiger charge is 2.17. The van der Waals surface area contributed by atoms with Crippen molar-refractivity contribution in [3.63, 3.8) is 0 Å². The third kappa shape index (κ3) is 5.30. The molecule has 0 aromatic heterocycles. The van der Waals surface area contributed by atoms with Crippen molar-refractivity contribution in [3.05, 3.63) is 24.3 Å². The second kappa shape index (κ2) is 7.93. The van der Waals surface area contributed by atoms with Crippen molar-refractivity contribution < 1.29 is 9.59 Å². The van der Waals surface area contributed by atoms with E-state index in [2.05, 4.69) is 10.6 Å². The van der Waals surface area contributed by atoms with Gasteiger partial charge in [-0.2, -0.15) is 0 Å². The quantitative estimate of drug-likeness (QED) is 0.706. The van der Waals surface area contributed by atoms with Gasteiger partial charge in [0, 0.05) is 23.1 Å². The van der Waals surface area contributed by atoms with Gasteiger partial charge in [0.1, 0.15) is 0 Å². The molecule has 0 saturated heterocycles. The van der Waals surface area contributed by atoms with Crippen LogP contribution in [0.25, 0.3) is 0 Å². The molecule has 1 aromatic carbocycles. The number of urea groups is 1. The molecule has 0 atom stereocenters. The summed E-state index contributed by atoms with van der Waals surface area (Å²) >= 11 is 1.52. The van der Waals surface area contributed by atoms with Gasteiger partial charge in [-0.05, 0) is 25.0 Å². The molecule has 0 unspecified atom stereocenters. The van der Waals surface area contributed by atoms with E-state index in [-0.39, 0.29) is 11.9 Å². The maximum Gasteiger partial charge on any atom is 0.319 e. The van der Waals surface area contributed by atoms with Gasteiger partial charge in [0.15, 0.2) is 0 Å². The molecule has 4 N–H and O–H groups in total. The first-order valence-electron chi connectivity index (χ1n) is 7.23. The lowest BCUT2D eigenvalue weighted by Gasteiger charge is -2.15. The summed E-state index contributed by atoms with van der Waals surface area (Å²) in [5.41, 5.74) is 5.90. The molecule has 5 nitrogen and oxygen atoms in total. The SMILES string of the molecule is NC(=O)CCSc1ccccc1NC(=O)NC1CCCC1. The molecule has 1 fully saturated rings. The molecule has 1 saturated carbocycles. The second-order valence-corrected chi connectivity index (χ2v) is 6.28. The number of benzene rings is 1. The van der Waals surface area contributed by atoms with Crippen LogP contribution >= 0.6 is 11.8 Å². The molecular weight excluding hydrogens is 286 g/mol. The van der Waals surface area contributed by atoms with Crippen LogP contribution in [0.2, 0.25) is 0 Å². The number of para-hydroxylation sites is 1. The van der Waals surface area contributed by atoms with Crippen LogP contribution in [0.3, 0.4) is 0 Å². The van der Waals surface area contributed by atoms with Gasteiger partial charge in [0.2, 0.25) is 5.91 Å². The number of nitrogens with one attached hydrogen (secondary N) is 2. The predicted molar refractivity (Wildman–Crippen MR) is 85.4 cm³/mol. The van der Waals surface area contributed by atoms with Gasteiger partial charge in [-0.15, -0.1) is 11.8 Å². The second-order valence-electron chi connectivity index (χ2n) is 5.14. The highest BCUT2D eigenvalue weighted by Crippen LogP contribution is 2.27. The lowest BCUT2D eigenvalue weighted by atomic mass is 10.2. The predicted octanol–water partition coefficient (Wildman–Crippen LogP) is 2.72. The Morgan fingerprint density at radius 3 is 2.67 bits per heavy atom. The van der Waals surface area contributed by atoms with Crippen molar-refractivity contribution in [2.24, 2.45) is 5.73 Å². The van der Waals surface area contributed by atoms with Crippen molar-refractivity contribution in [2.45, 2.75) is 43.0 Å². The van der Waals surface area contributed by atoms with Gasteiger partial charge < -0.3 is 16.4 Å². The average Bonchev–Trinajstić information content (AvgIpc) is 2.93. The Hall–Kier alpha value is -1.69. The van der Waals surface area contributed by atoms with Crippen LogP contribution in [0.4, 0.5) is 10.5 Å². The van der Waals surface area contributed by atoms with E-state index in [4.69, 9.17) is 5.73 Å². The maximum absolute atomic E-state index is 12.0. The minimum absolute atomic E-state index is 0.162. The van der Waals surface area contributed by atoms with Crippen LogP contribution in [-0.2, 0) is 4.79 Å². The number of nitrogens with two attached hydrogens (primary N) is 1. The molecule has 1 aliphatic rings. The van der Waals surface area contributed by atoms with Gasteiger partial charge in [0.05, 0.1) is 5.69 Å². The number of hydrogen-bond donors (Lipinski definition) is 3. The summed E-state index contributed by atoms with van der Waals surface area (Å²) < 4.78 is 0. The van der Waals surface area contributed by atoms with E-state index in [1.807, 2.05) is 24.3 Å². The minimum atomic E-state index is -0.313. The first-order chi connectivity index (χ1) is 10.1. The zero-order valence-corrected chi connectivity index (χ0v) is 12.7. The van der Waals surface area contributed by atoms with E-state index in [1.165, 1.54) is 24.6 Å². The summed E-state index contributed by atoms with van der Waals surface area (Å²) in [5, 5.41) is 5.88. The fraction of sp³-hybridized carbons (Fsp3) is 0.467. The fourth-order valence-electron chi connectivity index (χ4n) is 2.37. The summed E-state index contributed by atoms with van der Waals surface area (Å²) in [4.78, 5) is 23.7. The highest BCUT2D eigenvalue weighted by atomic mass is 32.2. The minimum Gasteiger partial charge on any atom is -0.370 e. The molecule has 6 heteroatoms.